The Hall–Kier alpha value is -1.69. The second-order valence-electron chi connectivity index (χ2n) is 4.36. The van der Waals surface area contributed by atoms with Crippen molar-refractivity contribution in [2.75, 3.05) is 32.5 Å². The molecule has 0 bridgehead atoms. The van der Waals surface area contributed by atoms with Gasteiger partial charge in [-0.2, -0.15) is 0 Å². The summed E-state index contributed by atoms with van der Waals surface area (Å²) >= 11 is 0. The summed E-state index contributed by atoms with van der Waals surface area (Å²) in [5.41, 5.74) is 0.336. The molecule has 1 aromatic rings. The highest BCUT2D eigenvalue weighted by Gasteiger charge is 2.10. The Balaban J connectivity index is 2.51. The van der Waals surface area contributed by atoms with E-state index < -0.39 is 0 Å². The fourth-order valence-electron chi connectivity index (χ4n) is 1.24. The highest BCUT2D eigenvalue weighted by Crippen LogP contribution is 2.01. The van der Waals surface area contributed by atoms with Crippen molar-refractivity contribution in [2.45, 2.75) is 19.9 Å². The van der Waals surface area contributed by atoms with Gasteiger partial charge in [-0.25, -0.2) is 0 Å². The Morgan fingerprint density at radius 1 is 1.39 bits per heavy atom. The molecule has 0 spiro atoms. The predicted molar refractivity (Wildman–Crippen MR) is 71.7 cm³/mol. The molecule has 0 aliphatic carbocycles. The zero-order chi connectivity index (χ0) is 13.5. The average molecular weight is 251 g/mol. The molecule has 2 N–H and O–H groups in total. The van der Waals surface area contributed by atoms with E-state index in [9.17, 15) is 4.79 Å². The van der Waals surface area contributed by atoms with E-state index in [0.29, 0.717) is 18.1 Å². The highest BCUT2D eigenvalue weighted by molar-refractivity contribution is 5.92. The van der Waals surface area contributed by atoms with E-state index in [2.05, 4.69) is 20.8 Å². The van der Waals surface area contributed by atoms with Gasteiger partial charge in [0.2, 0.25) is 0 Å². The van der Waals surface area contributed by atoms with E-state index in [1.54, 1.807) is 12.1 Å². The first-order valence-electron chi connectivity index (χ1n) is 6.06. The first kappa shape index (κ1) is 14.4. The zero-order valence-corrected chi connectivity index (χ0v) is 11.4. The third kappa shape index (κ3) is 4.29. The summed E-state index contributed by atoms with van der Waals surface area (Å²) in [5, 5.41) is 13.7. The summed E-state index contributed by atoms with van der Waals surface area (Å²) < 4.78 is 0. The summed E-state index contributed by atoms with van der Waals surface area (Å²) in [6.07, 6.45) is 0. The Bertz CT molecular complexity index is 377. The van der Waals surface area contributed by atoms with Crippen LogP contribution < -0.4 is 10.6 Å². The first-order valence-corrected chi connectivity index (χ1v) is 6.06. The molecule has 6 heteroatoms. The van der Waals surface area contributed by atoms with Crippen LogP contribution in [0, 0.1) is 0 Å². The summed E-state index contributed by atoms with van der Waals surface area (Å²) in [6, 6.07) is 3.70. The lowest BCUT2D eigenvalue weighted by molar-refractivity contribution is 0.0937. The molecule has 0 saturated carbocycles. The molecule has 0 saturated heterocycles. The first-order chi connectivity index (χ1) is 8.54. The van der Waals surface area contributed by atoms with Gasteiger partial charge in [0, 0.05) is 19.1 Å². The van der Waals surface area contributed by atoms with Crippen LogP contribution in [0.25, 0.3) is 0 Å². The number of rotatable bonds is 6. The molecule has 1 amide bonds. The van der Waals surface area contributed by atoms with Gasteiger partial charge in [0.25, 0.3) is 5.91 Å². The van der Waals surface area contributed by atoms with Crippen LogP contribution in [-0.4, -0.2) is 54.2 Å². The zero-order valence-electron chi connectivity index (χ0n) is 11.4. The van der Waals surface area contributed by atoms with E-state index in [4.69, 9.17) is 0 Å². The minimum Gasteiger partial charge on any atom is -0.369 e. The normalized spacial score (nSPS) is 12.3. The molecule has 6 nitrogen and oxygen atoms in total. The molecule has 1 heterocycles. The van der Waals surface area contributed by atoms with Gasteiger partial charge in [0.15, 0.2) is 5.69 Å². The maximum absolute atomic E-state index is 11.8. The number of aromatic nitrogens is 2. The minimum atomic E-state index is -0.195. The number of hydrogen-bond donors (Lipinski definition) is 2. The van der Waals surface area contributed by atoms with Crippen LogP contribution in [0.15, 0.2) is 12.1 Å². The van der Waals surface area contributed by atoms with Gasteiger partial charge in [0.05, 0.1) is 0 Å². The quantitative estimate of drug-likeness (QED) is 0.774. The predicted octanol–water partition coefficient (Wildman–Crippen LogP) is 0.588. The summed E-state index contributed by atoms with van der Waals surface area (Å²) in [7, 11) is 3.95. The standard InChI is InChI=1S/C12H21N5O/c1-5-13-11-7-6-10(15-16-11)12(18)14-8-9(2)17(3)4/h6-7,9H,5,8H2,1-4H3,(H,13,16)(H,14,18). The van der Waals surface area contributed by atoms with E-state index >= 15 is 0 Å². The number of carbonyl (C=O) groups is 1. The number of carbonyl (C=O) groups excluding carboxylic acids is 1. The van der Waals surface area contributed by atoms with Gasteiger partial charge < -0.3 is 15.5 Å². The summed E-state index contributed by atoms with van der Waals surface area (Å²) in [4.78, 5) is 13.8. The van der Waals surface area contributed by atoms with Gasteiger partial charge >= 0.3 is 0 Å². The van der Waals surface area contributed by atoms with E-state index in [-0.39, 0.29) is 11.9 Å². The molecule has 0 fully saturated rings. The van der Waals surface area contributed by atoms with Gasteiger partial charge in [-0.15, -0.1) is 10.2 Å². The topological polar surface area (TPSA) is 70.2 Å². The fraction of sp³-hybridized carbons (Fsp3) is 0.583. The van der Waals surface area contributed by atoms with Crippen molar-refractivity contribution in [1.29, 1.82) is 0 Å². The lowest BCUT2D eigenvalue weighted by Crippen LogP contribution is -2.38. The third-order valence-electron chi connectivity index (χ3n) is 2.69. The van der Waals surface area contributed by atoms with Gasteiger partial charge in [-0.05, 0) is 40.1 Å². The molecule has 1 rings (SSSR count). The maximum Gasteiger partial charge on any atom is 0.271 e. The third-order valence-corrected chi connectivity index (χ3v) is 2.69. The number of nitrogens with one attached hydrogen (secondary N) is 2. The van der Waals surface area contributed by atoms with Crippen molar-refractivity contribution in [3.8, 4) is 0 Å². The molecule has 0 aromatic carbocycles. The number of anilines is 1. The van der Waals surface area contributed by atoms with Crippen molar-refractivity contribution >= 4 is 11.7 Å². The average Bonchev–Trinajstić information content (AvgIpc) is 2.36. The molecule has 0 aliphatic rings. The van der Waals surface area contributed by atoms with Crippen molar-refractivity contribution < 1.29 is 4.79 Å². The van der Waals surface area contributed by atoms with E-state index in [0.717, 1.165) is 6.54 Å². The molecule has 1 atom stereocenters. The van der Waals surface area contributed by atoms with Crippen LogP contribution in [0.4, 0.5) is 5.82 Å². The largest absolute Gasteiger partial charge is 0.369 e. The lowest BCUT2D eigenvalue weighted by atomic mass is 10.3. The van der Waals surface area contributed by atoms with E-state index in [1.165, 1.54) is 0 Å². The molecular weight excluding hydrogens is 230 g/mol. The Kier molecular flexibility index (Phi) is 5.51. The van der Waals surface area contributed by atoms with Gasteiger partial charge in [-0.1, -0.05) is 0 Å². The summed E-state index contributed by atoms with van der Waals surface area (Å²) in [5.74, 6) is 0.481. The highest BCUT2D eigenvalue weighted by atomic mass is 16.1. The van der Waals surface area contributed by atoms with Crippen LogP contribution in [0.1, 0.15) is 24.3 Å². The lowest BCUT2D eigenvalue weighted by Gasteiger charge is -2.19. The molecule has 0 aliphatic heterocycles. The maximum atomic E-state index is 11.8. The van der Waals surface area contributed by atoms with Gasteiger partial charge in [-0.3, -0.25) is 4.79 Å². The van der Waals surface area contributed by atoms with Crippen molar-refractivity contribution in [1.82, 2.24) is 20.4 Å². The number of amides is 1. The van der Waals surface area contributed by atoms with Gasteiger partial charge in [0.1, 0.15) is 5.82 Å². The van der Waals surface area contributed by atoms with Crippen LogP contribution in [0.3, 0.4) is 0 Å². The monoisotopic (exact) mass is 251 g/mol. The van der Waals surface area contributed by atoms with Crippen LogP contribution in [0.5, 0.6) is 0 Å². The smallest absolute Gasteiger partial charge is 0.271 e. The molecule has 1 unspecified atom stereocenters. The molecule has 1 aromatic heterocycles. The van der Waals surface area contributed by atoms with Crippen LogP contribution >= 0.6 is 0 Å². The molecular formula is C12H21N5O. The van der Waals surface area contributed by atoms with Crippen molar-refractivity contribution in [2.24, 2.45) is 0 Å². The number of likely N-dealkylation sites (N-methyl/N-ethyl adjacent to an activating group) is 1. The summed E-state index contributed by atoms with van der Waals surface area (Å²) in [6.45, 7) is 5.38. The SMILES string of the molecule is CCNc1ccc(C(=O)NCC(C)N(C)C)nn1. The second kappa shape index (κ2) is 6.90. The number of hydrogen-bond acceptors (Lipinski definition) is 5. The van der Waals surface area contributed by atoms with Crippen molar-refractivity contribution in [3.63, 3.8) is 0 Å². The second-order valence-corrected chi connectivity index (χ2v) is 4.36. The van der Waals surface area contributed by atoms with Crippen LogP contribution in [-0.2, 0) is 0 Å². The molecule has 18 heavy (non-hydrogen) atoms. The Labute approximate surface area is 108 Å². The number of nitrogens with zero attached hydrogens (tertiary/aromatic N) is 3. The van der Waals surface area contributed by atoms with Crippen LogP contribution in [0.2, 0.25) is 0 Å². The fourth-order valence-corrected chi connectivity index (χ4v) is 1.24. The molecule has 0 radical (unpaired) electrons. The Morgan fingerprint density at radius 3 is 2.61 bits per heavy atom. The molecule has 100 valence electrons. The van der Waals surface area contributed by atoms with Crippen molar-refractivity contribution in [3.05, 3.63) is 17.8 Å². The van der Waals surface area contributed by atoms with E-state index in [1.807, 2.05) is 32.8 Å². The Morgan fingerprint density at radius 2 is 2.11 bits per heavy atom. The minimum absolute atomic E-state index is 0.195.